The van der Waals surface area contributed by atoms with Crippen molar-refractivity contribution in [1.82, 2.24) is 10.0 Å². The van der Waals surface area contributed by atoms with E-state index in [1.807, 2.05) is 0 Å². The lowest BCUT2D eigenvalue weighted by Gasteiger charge is -2.23. The zero-order valence-corrected chi connectivity index (χ0v) is 8.15. The molecule has 5 heteroatoms. The van der Waals surface area contributed by atoms with Crippen molar-refractivity contribution in [3.8, 4) is 0 Å². The third-order valence-electron chi connectivity index (χ3n) is 2.02. The summed E-state index contributed by atoms with van der Waals surface area (Å²) in [6.07, 6.45) is 2.00. The number of rotatable bonds is 3. The van der Waals surface area contributed by atoms with Crippen LogP contribution in [-0.2, 0) is 10.0 Å². The molecule has 72 valence electrons. The molecule has 0 aromatic heterocycles. The Kier molecular flexibility index (Phi) is 3.49. The molecule has 12 heavy (non-hydrogen) atoms. The second kappa shape index (κ2) is 4.20. The van der Waals surface area contributed by atoms with E-state index in [2.05, 4.69) is 10.0 Å². The first-order valence-corrected chi connectivity index (χ1v) is 6.00. The van der Waals surface area contributed by atoms with Gasteiger partial charge in [-0.15, -0.1) is 0 Å². The van der Waals surface area contributed by atoms with Gasteiger partial charge in [0.15, 0.2) is 0 Å². The lowest BCUT2D eigenvalue weighted by Crippen LogP contribution is -2.45. The molecule has 4 nitrogen and oxygen atoms in total. The summed E-state index contributed by atoms with van der Waals surface area (Å²) in [6, 6.07) is 0.101. The highest BCUT2D eigenvalue weighted by Crippen LogP contribution is 2.02. The number of sulfonamides is 1. The van der Waals surface area contributed by atoms with Gasteiger partial charge in [-0.3, -0.25) is 0 Å². The van der Waals surface area contributed by atoms with Gasteiger partial charge >= 0.3 is 0 Å². The molecule has 2 N–H and O–H groups in total. The highest BCUT2D eigenvalue weighted by molar-refractivity contribution is 7.89. The normalized spacial score (nSPS) is 25.6. The molecule has 0 radical (unpaired) electrons. The Bertz CT molecular complexity index is 220. The van der Waals surface area contributed by atoms with Gasteiger partial charge in [0.1, 0.15) is 0 Å². The maximum absolute atomic E-state index is 11.1. The van der Waals surface area contributed by atoms with Crippen molar-refractivity contribution in [1.29, 1.82) is 0 Å². The van der Waals surface area contributed by atoms with Crippen molar-refractivity contribution in [2.45, 2.75) is 25.8 Å². The second-order valence-electron chi connectivity index (χ2n) is 3.06. The van der Waals surface area contributed by atoms with Crippen LogP contribution < -0.4 is 10.0 Å². The molecular formula is C7H16N2O2S. The van der Waals surface area contributed by atoms with Crippen LogP contribution in [0.4, 0.5) is 0 Å². The fourth-order valence-corrected chi connectivity index (χ4v) is 2.17. The van der Waals surface area contributed by atoms with E-state index in [9.17, 15) is 8.42 Å². The van der Waals surface area contributed by atoms with E-state index in [1.54, 1.807) is 6.92 Å². The minimum Gasteiger partial charge on any atom is -0.315 e. The fourth-order valence-electron chi connectivity index (χ4n) is 1.29. The predicted octanol–water partition coefficient (Wildman–Crippen LogP) is -0.322. The minimum absolute atomic E-state index is 0.101. The summed E-state index contributed by atoms with van der Waals surface area (Å²) in [5, 5.41) is 3.15. The minimum atomic E-state index is -3.01. The van der Waals surface area contributed by atoms with E-state index >= 15 is 0 Å². The number of hydrogen-bond acceptors (Lipinski definition) is 3. The molecule has 0 amide bonds. The summed E-state index contributed by atoms with van der Waals surface area (Å²) in [5.74, 6) is 0.170. The molecule has 0 bridgehead atoms. The molecule has 0 aliphatic carbocycles. The quantitative estimate of drug-likeness (QED) is 0.644. The van der Waals surface area contributed by atoms with Crippen LogP contribution in [0.1, 0.15) is 19.8 Å². The van der Waals surface area contributed by atoms with Gasteiger partial charge in [-0.25, -0.2) is 13.1 Å². The molecule has 1 saturated heterocycles. The van der Waals surface area contributed by atoms with E-state index in [1.165, 1.54) is 0 Å². The molecule has 0 aromatic rings. The largest absolute Gasteiger partial charge is 0.315 e. The highest BCUT2D eigenvalue weighted by atomic mass is 32.2. The van der Waals surface area contributed by atoms with Gasteiger partial charge in [0.05, 0.1) is 5.75 Å². The maximum Gasteiger partial charge on any atom is 0.211 e. The van der Waals surface area contributed by atoms with Crippen molar-refractivity contribution < 1.29 is 8.42 Å². The van der Waals surface area contributed by atoms with Crippen LogP contribution in [0.3, 0.4) is 0 Å². The Labute approximate surface area is 73.8 Å². The van der Waals surface area contributed by atoms with Crippen molar-refractivity contribution in [3.63, 3.8) is 0 Å². The zero-order valence-electron chi connectivity index (χ0n) is 7.34. The number of hydrogen-bond donors (Lipinski definition) is 2. The summed E-state index contributed by atoms with van der Waals surface area (Å²) in [6.45, 7) is 3.42. The Morgan fingerprint density at radius 1 is 1.58 bits per heavy atom. The van der Waals surface area contributed by atoms with E-state index in [0.29, 0.717) is 0 Å². The summed E-state index contributed by atoms with van der Waals surface area (Å²) in [5.41, 5.74) is 0. The first-order valence-electron chi connectivity index (χ1n) is 4.35. The lowest BCUT2D eigenvalue weighted by molar-refractivity contribution is 0.429. The molecule has 1 aliphatic rings. The van der Waals surface area contributed by atoms with Gasteiger partial charge in [-0.05, 0) is 26.3 Å². The van der Waals surface area contributed by atoms with Crippen molar-refractivity contribution in [2.24, 2.45) is 0 Å². The fraction of sp³-hybridized carbons (Fsp3) is 1.00. The van der Waals surface area contributed by atoms with Gasteiger partial charge in [-0.2, -0.15) is 0 Å². The Balaban J connectivity index is 2.39. The van der Waals surface area contributed by atoms with Crippen LogP contribution in [0.5, 0.6) is 0 Å². The standard InChI is InChI=1S/C7H16N2O2S/c1-2-12(10,11)9-7-4-3-5-8-6-7/h7-9H,2-6H2,1H3/t7-/m1/s1. The van der Waals surface area contributed by atoms with Crippen LogP contribution in [0, 0.1) is 0 Å². The predicted molar refractivity (Wildman–Crippen MR) is 48.5 cm³/mol. The summed E-state index contributed by atoms with van der Waals surface area (Å²) in [7, 11) is -3.01. The molecule has 0 aromatic carbocycles. The third-order valence-corrected chi connectivity index (χ3v) is 3.48. The van der Waals surface area contributed by atoms with E-state index in [0.717, 1.165) is 25.9 Å². The number of piperidine rings is 1. The Hall–Kier alpha value is -0.130. The van der Waals surface area contributed by atoms with Crippen LogP contribution in [-0.4, -0.2) is 33.3 Å². The Morgan fingerprint density at radius 2 is 2.33 bits per heavy atom. The zero-order chi connectivity index (χ0) is 9.03. The molecule has 1 atom stereocenters. The smallest absolute Gasteiger partial charge is 0.211 e. The van der Waals surface area contributed by atoms with E-state index in [-0.39, 0.29) is 11.8 Å². The molecule has 1 fully saturated rings. The van der Waals surface area contributed by atoms with Gasteiger partial charge in [-0.1, -0.05) is 0 Å². The average Bonchev–Trinajstić information content (AvgIpc) is 2.06. The van der Waals surface area contributed by atoms with Crippen LogP contribution >= 0.6 is 0 Å². The number of nitrogens with one attached hydrogen (secondary N) is 2. The molecule has 1 aliphatic heterocycles. The molecule has 0 spiro atoms. The van der Waals surface area contributed by atoms with E-state index < -0.39 is 10.0 Å². The van der Waals surface area contributed by atoms with E-state index in [4.69, 9.17) is 0 Å². The summed E-state index contributed by atoms with van der Waals surface area (Å²) in [4.78, 5) is 0. The third kappa shape index (κ3) is 3.08. The van der Waals surface area contributed by atoms with Gasteiger partial charge in [0.25, 0.3) is 0 Å². The van der Waals surface area contributed by atoms with Crippen molar-refractivity contribution in [2.75, 3.05) is 18.8 Å². The van der Waals surface area contributed by atoms with Crippen LogP contribution in [0.25, 0.3) is 0 Å². The van der Waals surface area contributed by atoms with Crippen LogP contribution in [0.2, 0.25) is 0 Å². The molecular weight excluding hydrogens is 176 g/mol. The first-order chi connectivity index (χ1) is 5.64. The summed E-state index contributed by atoms with van der Waals surface area (Å²) >= 11 is 0. The molecule has 0 unspecified atom stereocenters. The monoisotopic (exact) mass is 192 g/mol. The Morgan fingerprint density at radius 3 is 2.83 bits per heavy atom. The van der Waals surface area contributed by atoms with Crippen LogP contribution in [0.15, 0.2) is 0 Å². The average molecular weight is 192 g/mol. The summed E-state index contributed by atoms with van der Waals surface area (Å²) < 4.78 is 24.9. The highest BCUT2D eigenvalue weighted by Gasteiger charge is 2.17. The molecule has 0 saturated carbocycles. The molecule has 1 rings (SSSR count). The first kappa shape index (κ1) is 9.95. The lowest BCUT2D eigenvalue weighted by atomic mass is 10.1. The van der Waals surface area contributed by atoms with Gasteiger partial charge < -0.3 is 5.32 Å². The molecule has 1 heterocycles. The topological polar surface area (TPSA) is 58.2 Å². The van der Waals surface area contributed by atoms with Gasteiger partial charge in [0.2, 0.25) is 10.0 Å². The van der Waals surface area contributed by atoms with Crippen molar-refractivity contribution >= 4 is 10.0 Å². The SMILES string of the molecule is CCS(=O)(=O)N[C@@H]1CCCNC1. The maximum atomic E-state index is 11.1. The second-order valence-corrected chi connectivity index (χ2v) is 5.11. The van der Waals surface area contributed by atoms with Crippen molar-refractivity contribution in [3.05, 3.63) is 0 Å². The van der Waals surface area contributed by atoms with Gasteiger partial charge in [0, 0.05) is 12.6 Å².